The highest BCUT2D eigenvalue weighted by Crippen LogP contribution is 2.39. The summed E-state index contributed by atoms with van der Waals surface area (Å²) in [5, 5.41) is 10.1. The maximum atomic E-state index is 10.1. The minimum atomic E-state index is -0.493. The van der Waals surface area contributed by atoms with E-state index in [1.807, 2.05) is 12.1 Å². The molecule has 2 rings (SSSR count). The number of hydrogen-bond acceptors (Lipinski definition) is 3. The number of nitrogens with two attached hydrogens (primary N) is 1. The van der Waals surface area contributed by atoms with Crippen LogP contribution in [0.25, 0.3) is 0 Å². The minimum Gasteiger partial charge on any atom is -0.390 e. The molecular formula is C11H16N2O. The van der Waals surface area contributed by atoms with Gasteiger partial charge in [0.05, 0.1) is 5.60 Å². The summed E-state index contributed by atoms with van der Waals surface area (Å²) in [5.74, 6) is 1.18. The Labute approximate surface area is 84.0 Å². The highest BCUT2D eigenvalue weighted by Gasteiger charge is 2.39. The molecule has 0 spiro atoms. The Morgan fingerprint density at radius 2 is 2.36 bits per heavy atom. The van der Waals surface area contributed by atoms with E-state index in [1.165, 1.54) is 0 Å². The van der Waals surface area contributed by atoms with E-state index in [4.69, 9.17) is 5.73 Å². The lowest BCUT2D eigenvalue weighted by atomic mass is 9.69. The Morgan fingerprint density at radius 1 is 1.64 bits per heavy atom. The van der Waals surface area contributed by atoms with Crippen molar-refractivity contribution in [2.24, 2.45) is 5.92 Å². The largest absolute Gasteiger partial charge is 0.390 e. The molecule has 0 aliphatic heterocycles. The predicted octanol–water partition coefficient (Wildman–Crippen LogP) is 1.37. The van der Waals surface area contributed by atoms with Crippen LogP contribution in [0.4, 0.5) is 5.82 Å². The molecule has 0 bridgehead atoms. The van der Waals surface area contributed by atoms with Gasteiger partial charge in [-0.2, -0.15) is 0 Å². The molecule has 1 saturated carbocycles. The molecule has 0 aromatic carbocycles. The van der Waals surface area contributed by atoms with Gasteiger partial charge < -0.3 is 10.8 Å². The molecule has 3 heteroatoms. The first-order valence-corrected chi connectivity index (χ1v) is 5.00. The summed E-state index contributed by atoms with van der Waals surface area (Å²) in [6.45, 7) is 2.16. The van der Waals surface area contributed by atoms with Crippen LogP contribution in [-0.2, 0) is 6.42 Å². The summed E-state index contributed by atoms with van der Waals surface area (Å²) in [6, 6.07) is 3.75. The van der Waals surface area contributed by atoms with Crippen molar-refractivity contribution in [1.29, 1.82) is 0 Å². The normalized spacial score (nSPS) is 31.1. The van der Waals surface area contributed by atoms with Crippen LogP contribution in [0.1, 0.15) is 25.3 Å². The average Bonchev–Trinajstić information content (AvgIpc) is 2.00. The number of rotatable bonds is 2. The van der Waals surface area contributed by atoms with Crippen molar-refractivity contribution in [3.8, 4) is 0 Å². The van der Waals surface area contributed by atoms with Gasteiger partial charge in [-0.1, -0.05) is 6.92 Å². The third-order valence-electron chi connectivity index (χ3n) is 2.84. The summed E-state index contributed by atoms with van der Waals surface area (Å²) in [5.41, 5.74) is 6.15. The molecule has 0 radical (unpaired) electrons. The van der Waals surface area contributed by atoms with Gasteiger partial charge in [0.1, 0.15) is 5.82 Å². The zero-order valence-electron chi connectivity index (χ0n) is 8.40. The number of aliphatic hydroxyl groups is 1. The lowest BCUT2D eigenvalue weighted by Crippen LogP contribution is -2.44. The number of nitrogens with zero attached hydrogens (tertiary/aromatic N) is 1. The van der Waals surface area contributed by atoms with Crippen molar-refractivity contribution in [3.05, 3.63) is 23.9 Å². The molecule has 1 aromatic heterocycles. The van der Waals surface area contributed by atoms with E-state index in [-0.39, 0.29) is 0 Å². The maximum Gasteiger partial charge on any atom is 0.123 e. The zero-order valence-corrected chi connectivity index (χ0v) is 8.40. The molecule has 1 aliphatic rings. The van der Waals surface area contributed by atoms with E-state index in [0.29, 0.717) is 18.2 Å². The first-order valence-electron chi connectivity index (χ1n) is 5.00. The summed E-state index contributed by atoms with van der Waals surface area (Å²) in [6.07, 6.45) is 4.19. The van der Waals surface area contributed by atoms with E-state index in [2.05, 4.69) is 11.9 Å². The number of anilines is 1. The zero-order chi connectivity index (χ0) is 10.2. The van der Waals surface area contributed by atoms with Crippen molar-refractivity contribution >= 4 is 5.82 Å². The fourth-order valence-electron chi connectivity index (χ4n) is 2.37. The third kappa shape index (κ3) is 1.87. The molecule has 0 unspecified atom stereocenters. The fraction of sp³-hybridized carbons (Fsp3) is 0.545. The number of hydrogen-bond donors (Lipinski definition) is 2. The van der Waals surface area contributed by atoms with Crippen LogP contribution in [0.3, 0.4) is 0 Å². The fourth-order valence-corrected chi connectivity index (χ4v) is 2.37. The van der Waals surface area contributed by atoms with Crippen molar-refractivity contribution < 1.29 is 5.11 Å². The molecule has 3 nitrogen and oxygen atoms in total. The van der Waals surface area contributed by atoms with Gasteiger partial charge in [0.15, 0.2) is 0 Å². The molecule has 0 amide bonds. The Hall–Kier alpha value is -1.09. The standard InChI is InChI=1S/C11H16N2O/c1-8-5-11(14,6-8)7-9-2-3-13-10(12)4-9/h2-4,8,14H,5-7H2,1H3,(H2,12,13). The van der Waals surface area contributed by atoms with Crippen molar-refractivity contribution in [1.82, 2.24) is 4.98 Å². The molecule has 0 saturated heterocycles. The summed E-state index contributed by atoms with van der Waals surface area (Å²) >= 11 is 0. The highest BCUT2D eigenvalue weighted by molar-refractivity contribution is 5.32. The lowest BCUT2D eigenvalue weighted by molar-refractivity contribution is -0.0665. The van der Waals surface area contributed by atoms with Gasteiger partial charge in [0, 0.05) is 12.6 Å². The molecule has 1 aliphatic carbocycles. The van der Waals surface area contributed by atoms with Gasteiger partial charge in [-0.05, 0) is 36.5 Å². The third-order valence-corrected chi connectivity index (χ3v) is 2.84. The highest BCUT2D eigenvalue weighted by atomic mass is 16.3. The van der Waals surface area contributed by atoms with E-state index in [0.717, 1.165) is 18.4 Å². The molecule has 0 atom stereocenters. The first kappa shape index (κ1) is 9.46. The predicted molar refractivity (Wildman–Crippen MR) is 55.7 cm³/mol. The summed E-state index contributed by atoms with van der Waals surface area (Å²) in [7, 11) is 0. The van der Waals surface area contributed by atoms with E-state index in [1.54, 1.807) is 6.20 Å². The SMILES string of the molecule is CC1CC(O)(Cc2ccnc(N)c2)C1. The number of pyridine rings is 1. The van der Waals surface area contributed by atoms with Crippen LogP contribution in [-0.4, -0.2) is 15.7 Å². The van der Waals surface area contributed by atoms with Crippen molar-refractivity contribution in [3.63, 3.8) is 0 Å². The monoisotopic (exact) mass is 192 g/mol. The lowest BCUT2D eigenvalue weighted by Gasteiger charge is -2.42. The van der Waals surface area contributed by atoms with Crippen LogP contribution in [0.15, 0.2) is 18.3 Å². The number of nitrogen functional groups attached to an aromatic ring is 1. The van der Waals surface area contributed by atoms with Crippen LogP contribution in [0.5, 0.6) is 0 Å². The van der Waals surface area contributed by atoms with Gasteiger partial charge in [-0.3, -0.25) is 0 Å². The topological polar surface area (TPSA) is 59.1 Å². The van der Waals surface area contributed by atoms with Crippen LogP contribution in [0.2, 0.25) is 0 Å². The Morgan fingerprint density at radius 3 is 2.93 bits per heavy atom. The summed E-state index contributed by atoms with van der Waals surface area (Å²) in [4.78, 5) is 3.92. The quantitative estimate of drug-likeness (QED) is 0.744. The smallest absolute Gasteiger partial charge is 0.123 e. The van der Waals surface area contributed by atoms with E-state index in [9.17, 15) is 5.11 Å². The first-order chi connectivity index (χ1) is 6.57. The van der Waals surface area contributed by atoms with Crippen molar-refractivity contribution in [2.75, 3.05) is 5.73 Å². The molecule has 3 N–H and O–H groups in total. The van der Waals surface area contributed by atoms with Crippen LogP contribution < -0.4 is 5.73 Å². The maximum absolute atomic E-state index is 10.1. The van der Waals surface area contributed by atoms with Gasteiger partial charge in [0.2, 0.25) is 0 Å². The molecular weight excluding hydrogens is 176 g/mol. The van der Waals surface area contributed by atoms with Gasteiger partial charge in [0.25, 0.3) is 0 Å². The van der Waals surface area contributed by atoms with Gasteiger partial charge in [-0.15, -0.1) is 0 Å². The molecule has 76 valence electrons. The molecule has 1 heterocycles. The molecule has 1 aromatic rings. The van der Waals surface area contributed by atoms with E-state index < -0.39 is 5.60 Å². The van der Waals surface area contributed by atoms with Gasteiger partial charge >= 0.3 is 0 Å². The molecule has 14 heavy (non-hydrogen) atoms. The second-order valence-electron chi connectivity index (χ2n) is 4.50. The van der Waals surface area contributed by atoms with Crippen LogP contribution in [0, 0.1) is 5.92 Å². The number of aromatic nitrogens is 1. The van der Waals surface area contributed by atoms with Crippen LogP contribution >= 0.6 is 0 Å². The Balaban J connectivity index is 2.04. The van der Waals surface area contributed by atoms with Crippen molar-refractivity contribution in [2.45, 2.75) is 31.8 Å². The minimum absolute atomic E-state index is 0.493. The Bertz CT molecular complexity index is 332. The molecule has 1 fully saturated rings. The second kappa shape index (κ2) is 3.24. The average molecular weight is 192 g/mol. The summed E-state index contributed by atoms with van der Waals surface area (Å²) < 4.78 is 0. The Kier molecular flexibility index (Phi) is 2.19. The van der Waals surface area contributed by atoms with Gasteiger partial charge in [-0.25, -0.2) is 4.98 Å². The second-order valence-corrected chi connectivity index (χ2v) is 4.50. The van der Waals surface area contributed by atoms with E-state index >= 15 is 0 Å².